The number of aromatic nitrogens is 3. The molecule has 3 aromatic rings. The van der Waals surface area contributed by atoms with E-state index in [2.05, 4.69) is 25.0 Å². The Morgan fingerprint density at radius 1 is 1.03 bits per heavy atom. The average Bonchev–Trinajstić information content (AvgIpc) is 2.75. The molecule has 1 aliphatic heterocycles. The van der Waals surface area contributed by atoms with Crippen LogP contribution in [0.15, 0.2) is 67.4 Å². The van der Waals surface area contributed by atoms with Crippen molar-refractivity contribution in [1.82, 2.24) is 19.9 Å². The van der Waals surface area contributed by atoms with Crippen LogP contribution in [0, 0.1) is 0 Å². The lowest BCUT2D eigenvalue weighted by Gasteiger charge is -2.39. The van der Waals surface area contributed by atoms with Gasteiger partial charge in [-0.3, -0.25) is 9.78 Å². The number of likely N-dealkylation sites (tertiary alicyclic amines) is 1. The van der Waals surface area contributed by atoms with Gasteiger partial charge in [-0.25, -0.2) is 9.97 Å². The number of halogens is 3. The SMILES string of the molecule is O=CC=CN1CC(Nc2cncc(-c3cnc(Oc4cccc(OC(F)(F)F)c4)nc3)c2)C1. The van der Waals surface area contributed by atoms with Crippen LogP contribution < -0.4 is 14.8 Å². The Morgan fingerprint density at radius 2 is 1.79 bits per heavy atom. The van der Waals surface area contributed by atoms with Gasteiger partial charge in [-0.1, -0.05) is 6.07 Å². The van der Waals surface area contributed by atoms with E-state index in [9.17, 15) is 18.0 Å². The molecule has 0 atom stereocenters. The quantitative estimate of drug-likeness (QED) is 0.401. The smallest absolute Gasteiger partial charge is 0.424 e. The van der Waals surface area contributed by atoms with Crippen molar-refractivity contribution in [2.45, 2.75) is 12.4 Å². The molecule has 1 aromatic carbocycles. The minimum absolute atomic E-state index is 0.0249. The predicted octanol–water partition coefficient (Wildman–Crippen LogP) is 4.04. The fraction of sp³-hybridized carbons (Fsp3) is 0.182. The van der Waals surface area contributed by atoms with Crippen LogP contribution in [0.4, 0.5) is 18.9 Å². The number of carbonyl (C=O) groups is 1. The van der Waals surface area contributed by atoms with Gasteiger partial charge in [0.05, 0.1) is 11.7 Å². The Bertz CT molecular complexity index is 1130. The summed E-state index contributed by atoms with van der Waals surface area (Å²) < 4.78 is 46.4. The highest BCUT2D eigenvalue weighted by molar-refractivity contribution is 5.66. The van der Waals surface area contributed by atoms with Crippen molar-refractivity contribution in [3.05, 3.63) is 67.4 Å². The van der Waals surface area contributed by atoms with Gasteiger partial charge in [-0.05, 0) is 24.3 Å². The number of carbonyl (C=O) groups excluding carboxylic acids is 1. The molecule has 170 valence electrons. The van der Waals surface area contributed by atoms with Crippen molar-refractivity contribution in [3.8, 4) is 28.6 Å². The third-order valence-corrected chi connectivity index (χ3v) is 4.60. The first-order chi connectivity index (χ1) is 15.9. The van der Waals surface area contributed by atoms with Gasteiger partial charge in [0.1, 0.15) is 17.8 Å². The zero-order valence-electron chi connectivity index (χ0n) is 17.1. The first kappa shape index (κ1) is 22.1. The van der Waals surface area contributed by atoms with Crippen molar-refractivity contribution < 1.29 is 27.4 Å². The molecule has 0 bridgehead atoms. The monoisotopic (exact) mass is 457 g/mol. The Hall–Kier alpha value is -4.15. The van der Waals surface area contributed by atoms with Crippen molar-refractivity contribution >= 4 is 12.0 Å². The zero-order valence-corrected chi connectivity index (χ0v) is 17.1. The number of hydrogen-bond donors (Lipinski definition) is 1. The van der Waals surface area contributed by atoms with Gasteiger partial charge in [0, 0.05) is 61.3 Å². The van der Waals surface area contributed by atoms with E-state index >= 15 is 0 Å². The lowest BCUT2D eigenvalue weighted by molar-refractivity contribution is -0.274. The summed E-state index contributed by atoms with van der Waals surface area (Å²) in [6.45, 7) is 1.55. The molecule has 1 saturated heterocycles. The number of nitrogens with zero attached hydrogens (tertiary/aromatic N) is 4. The Kier molecular flexibility index (Phi) is 6.38. The highest BCUT2D eigenvalue weighted by atomic mass is 19.4. The first-order valence-electron chi connectivity index (χ1n) is 9.82. The van der Waals surface area contributed by atoms with E-state index in [4.69, 9.17) is 4.74 Å². The van der Waals surface area contributed by atoms with E-state index < -0.39 is 12.1 Å². The van der Waals surface area contributed by atoms with Crippen molar-refractivity contribution in [2.75, 3.05) is 18.4 Å². The molecule has 0 saturated carbocycles. The number of nitrogens with one attached hydrogen (secondary N) is 1. The molecule has 1 N–H and O–H groups in total. The lowest BCUT2D eigenvalue weighted by Crippen LogP contribution is -2.51. The number of aldehydes is 1. The van der Waals surface area contributed by atoms with Gasteiger partial charge in [0.15, 0.2) is 0 Å². The molecule has 2 aromatic heterocycles. The molecule has 0 radical (unpaired) electrons. The summed E-state index contributed by atoms with van der Waals surface area (Å²) in [6, 6.07) is 7.23. The summed E-state index contributed by atoms with van der Waals surface area (Å²) in [5.41, 5.74) is 2.30. The highest BCUT2D eigenvalue weighted by Crippen LogP contribution is 2.28. The minimum Gasteiger partial charge on any atom is -0.424 e. The van der Waals surface area contributed by atoms with Crippen molar-refractivity contribution in [3.63, 3.8) is 0 Å². The van der Waals surface area contributed by atoms with Crippen LogP contribution in [-0.2, 0) is 4.79 Å². The van der Waals surface area contributed by atoms with Crippen LogP contribution in [-0.4, -0.2) is 51.6 Å². The number of pyridine rings is 1. The molecule has 3 heterocycles. The largest absolute Gasteiger partial charge is 0.573 e. The topological polar surface area (TPSA) is 89.5 Å². The van der Waals surface area contributed by atoms with Crippen LogP contribution in [0.5, 0.6) is 17.5 Å². The molecule has 1 fully saturated rings. The number of hydrogen-bond acceptors (Lipinski definition) is 8. The standard InChI is InChI=1S/C22H18F3N5O3/c23-22(24,25)33-20-4-1-3-19(8-20)32-21-27-10-16(11-28-21)15-7-17(12-26-9-15)29-18-13-30(14-18)5-2-6-31/h1-12,18,29H,13-14H2. The van der Waals surface area contributed by atoms with Gasteiger partial charge < -0.3 is 19.7 Å². The Labute approximate surface area is 186 Å². The normalized spacial score (nSPS) is 14.1. The average molecular weight is 457 g/mol. The summed E-state index contributed by atoms with van der Waals surface area (Å²) in [6.07, 6.45) is 5.61. The maximum absolute atomic E-state index is 12.4. The maximum Gasteiger partial charge on any atom is 0.573 e. The van der Waals surface area contributed by atoms with E-state index in [-0.39, 0.29) is 17.8 Å². The maximum atomic E-state index is 12.4. The second-order valence-electron chi connectivity index (χ2n) is 7.11. The molecular formula is C22H18F3N5O3. The van der Waals surface area contributed by atoms with E-state index in [1.807, 2.05) is 11.0 Å². The fourth-order valence-electron chi connectivity index (χ4n) is 3.15. The van der Waals surface area contributed by atoms with Crippen LogP contribution in [0.1, 0.15) is 0 Å². The third-order valence-electron chi connectivity index (χ3n) is 4.60. The fourth-order valence-corrected chi connectivity index (χ4v) is 3.15. The third kappa shape index (κ3) is 6.19. The van der Waals surface area contributed by atoms with Crippen LogP contribution in [0.2, 0.25) is 0 Å². The molecule has 0 amide bonds. The van der Waals surface area contributed by atoms with Crippen molar-refractivity contribution in [2.24, 2.45) is 0 Å². The van der Waals surface area contributed by atoms with E-state index in [0.717, 1.165) is 36.7 Å². The molecule has 4 rings (SSSR count). The Morgan fingerprint density at radius 3 is 2.52 bits per heavy atom. The number of allylic oxidation sites excluding steroid dienone is 1. The number of anilines is 1. The van der Waals surface area contributed by atoms with E-state index in [1.54, 1.807) is 18.6 Å². The number of rotatable bonds is 8. The summed E-state index contributed by atoms with van der Waals surface area (Å²) in [5.74, 6) is -0.295. The molecule has 8 nitrogen and oxygen atoms in total. The van der Waals surface area contributed by atoms with Gasteiger partial charge in [-0.2, -0.15) is 0 Å². The molecular weight excluding hydrogens is 439 g/mol. The molecule has 1 aliphatic rings. The van der Waals surface area contributed by atoms with Crippen LogP contribution in [0.25, 0.3) is 11.1 Å². The van der Waals surface area contributed by atoms with Gasteiger partial charge in [0.2, 0.25) is 0 Å². The van der Waals surface area contributed by atoms with Gasteiger partial charge in [-0.15, -0.1) is 13.2 Å². The molecule has 33 heavy (non-hydrogen) atoms. The second kappa shape index (κ2) is 9.55. The summed E-state index contributed by atoms with van der Waals surface area (Å²) in [4.78, 5) is 24.9. The molecule has 0 aliphatic carbocycles. The zero-order chi connectivity index (χ0) is 23.3. The second-order valence-corrected chi connectivity index (χ2v) is 7.11. The first-order valence-corrected chi connectivity index (χ1v) is 9.82. The van der Waals surface area contributed by atoms with Crippen LogP contribution >= 0.6 is 0 Å². The number of ether oxygens (including phenoxy) is 2. The van der Waals surface area contributed by atoms with E-state index in [0.29, 0.717) is 5.56 Å². The summed E-state index contributed by atoms with van der Waals surface area (Å²) in [5, 5.41) is 3.38. The number of alkyl halides is 3. The van der Waals surface area contributed by atoms with Gasteiger partial charge in [0.25, 0.3) is 0 Å². The highest BCUT2D eigenvalue weighted by Gasteiger charge is 2.31. The number of benzene rings is 1. The lowest BCUT2D eigenvalue weighted by atomic mass is 10.1. The predicted molar refractivity (Wildman–Crippen MR) is 113 cm³/mol. The van der Waals surface area contributed by atoms with Crippen LogP contribution in [0.3, 0.4) is 0 Å². The van der Waals surface area contributed by atoms with Gasteiger partial charge >= 0.3 is 12.4 Å². The minimum atomic E-state index is -4.79. The van der Waals surface area contributed by atoms with E-state index in [1.165, 1.54) is 36.7 Å². The molecule has 0 spiro atoms. The molecule has 0 unspecified atom stereocenters. The summed E-state index contributed by atoms with van der Waals surface area (Å²) in [7, 11) is 0. The Balaban J connectivity index is 1.38. The van der Waals surface area contributed by atoms with Crippen molar-refractivity contribution in [1.29, 1.82) is 0 Å². The molecule has 11 heteroatoms. The summed E-state index contributed by atoms with van der Waals surface area (Å²) >= 11 is 0.